The highest BCUT2D eigenvalue weighted by molar-refractivity contribution is 7.39. The Balaban J connectivity index is 2.33. The Labute approximate surface area is 100 Å². The SMILES string of the molecule is CPC1(CCCC(C)(C)P)CCCCC1. The Kier molecular flexibility index (Phi) is 5.54. The Morgan fingerprint density at radius 3 is 2.27 bits per heavy atom. The number of hydrogen-bond acceptors (Lipinski definition) is 0. The Bertz CT molecular complexity index is 175. The fourth-order valence-electron chi connectivity index (χ4n) is 2.74. The minimum absolute atomic E-state index is 0.451. The summed E-state index contributed by atoms with van der Waals surface area (Å²) in [5.41, 5.74) is 0. The summed E-state index contributed by atoms with van der Waals surface area (Å²) >= 11 is 0. The predicted molar refractivity (Wildman–Crippen MR) is 77.7 cm³/mol. The van der Waals surface area contributed by atoms with Crippen molar-refractivity contribution < 1.29 is 0 Å². The topological polar surface area (TPSA) is 0 Å². The fraction of sp³-hybridized carbons (Fsp3) is 1.00. The molecule has 0 saturated heterocycles. The second kappa shape index (κ2) is 5.97. The zero-order chi connectivity index (χ0) is 11.4. The molecule has 0 heterocycles. The average molecular weight is 246 g/mol. The van der Waals surface area contributed by atoms with Gasteiger partial charge in [-0.15, -0.1) is 17.8 Å². The van der Waals surface area contributed by atoms with Crippen molar-refractivity contribution in [1.82, 2.24) is 0 Å². The molecule has 15 heavy (non-hydrogen) atoms. The van der Waals surface area contributed by atoms with E-state index in [1.165, 1.54) is 51.4 Å². The van der Waals surface area contributed by atoms with Gasteiger partial charge in [-0.1, -0.05) is 39.5 Å². The molecule has 0 spiro atoms. The van der Waals surface area contributed by atoms with Crippen LogP contribution in [-0.2, 0) is 0 Å². The quantitative estimate of drug-likeness (QED) is 0.610. The highest BCUT2D eigenvalue weighted by Crippen LogP contribution is 2.46. The molecule has 0 amide bonds. The fourth-order valence-corrected chi connectivity index (χ4v) is 4.22. The number of rotatable bonds is 5. The molecule has 1 aliphatic rings. The summed E-state index contributed by atoms with van der Waals surface area (Å²) in [7, 11) is 4.14. The molecule has 0 nitrogen and oxygen atoms in total. The van der Waals surface area contributed by atoms with Crippen molar-refractivity contribution in [3.05, 3.63) is 0 Å². The van der Waals surface area contributed by atoms with Crippen LogP contribution in [0.5, 0.6) is 0 Å². The van der Waals surface area contributed by atoms with E-state index in [4.69, 9.17) is 0 Å². The van der Waals surface area contributed by atoms with Crippen LogP contribution < -0.4 is 0 Å². The maximum atomic E-state index is 2.98. The number of hydrogen-bond donors (Lipinski definition) is 0. The maximum absolute atomic E-state index is 2.98. The van der Waals surface area contributed by atoms with Crippen LogP contribution >= 0.6 is 17.8 Å². The summed E-state index contributed by atoms with van der Waals surface area (Å²) in [6.45, 7) is 7.09. The largest absolute Gasteiger partial charge is 0.132 e. The van der Waals surface area contributed by atoms with Gasteiger partial charge in [0.05, 0.1) is 0 Å². The summed E-state index contributed by atoms with van der Waals surface area (Å²) in [4.78, 5) is 0. The highest BCUT2D eigenvalue weighted by atomic mass is 31.1. The van der Waals surface area contributed by atoms with Gasteiger partial charge in [-0.25, -0.2) is 0 Å². The van der Waals surface area contributed by atoms with Crippen molar-refractivity contribution in [3.8, 4) is 0 Å². The molecule has 2 unspecified atom stereocenters. The molecule has 0 radical (unpaired) electrons. The van der Waals surface area contributed by atoms with Gasteiger partial charge in [-0.2, -0.15) is 0 Å². The van der Waals surface area contributed by atoms with E-state index in [0.717, 1.165) is 13.7 Å². The van der Waals surface area contributed by atoms with Crippen LogP contribution in [-0.4, -0.2) is 17.0 Å². The molecule has 1 fully saturated rings. The average Bonchev–Trinajstić information content (AvgIpc) is 2.17. The van der Waals surface area contributed by atoms with Crippen LogP contribution in [0, 0.1) is 0 Å². The van der Waals surface area contributed by atoms with Crippen molar-refractivity contribution in [2.75, 3.05) is 6.66 Å². The van der Waals surface area contributed by atoms with Crippen LogP contribution in [0.4, 0.5) is 0 Å². The van der Waals surface area contributed by atoms with E-state index in [0.29, 0.717) is 5.16 Å². The molecule has 1 saturated carbocycles. The van der Waals surface area contributed by atoms with Gasteiger partial charge < -0.3 is 0 Å². The molecular formula is C13H28P2. The molecule has 90 valence electrons. The van der Waals surface area contributed by atoms with Crippen LogP contribution in [0.25, 0.3) is 0 Å². The maximum Gasteiger partial charge on any atom is -0.0124 e. The first-order chi connectivity index (χ1) is 6.97. The van der Waals surface area contributed by atoms with Gasteiger partial charge in [-0.3, -0.25) is 0 Å². The molecule has 0 aromatic rings. The zero-order valence-corrected chi connectivity index (χ0v) is 12.9. The molecule has 0 aromatic heterocycles. The molecule has 0 N–H and O–H groups in total. The first-order valence-corrected chi connectivity index (χ1v) is 8.53. The van der Waals surface area contributed by atoms with Crippen molar-refractivity contribution in [2.24, 2.45) is 0 Å². The Morgan fingerprint density at radius 2 is 1.80 bits per heavy atom. The lowest BCUT2D eigenvalue weighted by atomic mass is 9.84. The normalized spacial score (nSPS) is 22.4. The Hall–Kier alpha value is 0.860. The molecule has 1 rings (SSSR count). The van der Waals surface area contributed by atoms with Gasteiger partial charge in [0.15, 0.2) is 0 Å². The summed E-state index contributed by atoms with van der Waals surface area (Å²) in [6.07, 6.45) is 11.8. The minimum Gasteiger partial charge on any atom is -0.132 e. The molecule has 0 aliphatic heterocycles. The molecule has 1 aliphatic carbocycles. The third kappa shape index (κ3) is 5.14. The van der Waals surface area contributed by atoms with Gasteiger partial charge in [-0.05, 0) is 42.7 Å². The van der Waals surface area contributed by atoms with Crippen LogP contribution in [0.1, 0.15) is 65.2 Å². The van der Waals surface area contributed by atoms with E-state index in [9.17, 15) is 0 Å². The highest BCUT2D eigenvalue weighted by Gasteiger charge is 2.29. The first kappa shape index (κ1) is 13.9. The van der Waals surface area contributed by atoms with E-state index in [2.05, 4.69) is 29.8 Å². The lowest BCUT2D eigenvalue weighted by Gasteiger charge is -2.37. The zero-order valence-electron chi connectivity index (χ0n) is 10.7. The van der Waals surface area contributed by atoms with Crippen LogP contribution in [0.2, 0.25) is 0 Å². The molecule has 0 bridgehead atoms. The lowest BCUT2D eigenvalue weighted by Crippen LogP contribution is -2.26. The van der Waals surface area contributed by atoms with Crippen molar-refractivity contribution in [3.63, 3.8) is 0 Å². The third-order valence-corrected chi connectivity index (χ3v) is 5.92. The van der Waals surface area contributed by atoms with E-state index in [1.807, 2.05) is 0 Å². The molecule has 0 aromatic carbocycles. The lowest BCUT2D eigenvalue weighted by molar-refractivity contribution is 0.359. The monoisotopic (exact) mass is 246 g/mol. The predicted octanol–water partition coefficient (Wildman–Crippen LogP) is 4.82. The molecule has 2 atom stereocenters. The van der Waals surface area contributed by atoms with Crippen molar-refractivity contribution in [1.29, 1.82) is 0 Å². The standard InChI is InChI=1S/C13H28P2/c1-12(2,14)8-7-11-13(15-3)9-5-4-6-10-13/h15H,4-11,14H2,1-3H3. The van der Waals surface area contributed by atoms with Gasteiger partial charge in [0.2, 0.25) is 0 Å². The second-order valence-electron chi connectivity index (χ2n) is 5.93. The van der Waals surface area contributed by atoms with Gasteiger partial charge in [0.1, 0.15) is 0 Å². The van der Waals surface area contributed by atoms with Crippen molar-refractivity contribution in [2.45, 2.75) is 75.5 Å². The van der Waals surface area contributed by atoms with Crippen LogP contribution in [0.15, 0.2) is 0 Å². The summed E-state index contributed by atoms with van der Waals surface area (Å²) in [5.74, 6) is 0. The smallest absolute Gasteiger partial charge is 0.0124 e. The molecular weight excluding hydrogens is 218 g/mol. The van der Waals surface area contributed by atoms with E-state index < -0.39 is 0 Å². The summed E-state index contributed by atoms with van der Waals surface area (Å²) < 4.78 is 0. The second-order valence-corrected chi connectivity index (χ2v) is 9.06. The summed E-state index contributed by atoms with van der Waals surface area (Å²) in [6, 6.07) is 0. The van der Waals surface area contributed by atoms with Gasteiger partial charge in [0, 0.05) is 0 Å². The van der Waals surface area contributed by atoms with E-state index in [-0.39, 0.29) is 0 Å². The van der Waals surface area contributed by atoms with Gasteiger partial charge >= 0.3 is 0 Å². The first-order valence-electron chi connectivity index (χ1n) is 6.45. The Morgan fingerprint density at radius 1 is 1.20 bits per heavy atom. The van der Waals surface area contributed by atoms with Crippen LogP contribution in [0.3, 0.4) is 0 Å². The minimum atomic E-state index is 0.451. The van der Waals surface area contributed by atoms with E-state index >= 15 is 0 Å². The third-order valence-electron chi connectivity index (χ3n) is 3.82. The molecule has 2 heteroatoms. The summed E-state index contributed by atoms with van der Waals surface area (Å²) in [5, 5.41) is 1.21. The van der Waals surface area contributed by atoms with E-state index in [1.54, 1.807) is 0 Å². The van der Waals surface area contributed by atoms with Gasteiger partial charge in [0.25, 0.3) is 0 Å². The van der Waals surface area contributed by atoms with Crippen molar-refractivity contribution >= 4 is 17.8 Å².